The van der Waals surface area contributed by atoms with Crippen molar-refractivity contribution in [2.75, 3.05) is 13.7 Å². The number of benzene rings is 1. The first-order chi connectivity index (χ1) is 8.01. The minimum atomic E-state index is -1.21. The van der Waals surface area contributed by atoms with Gasteiger partial charge in [-0.15, -0.1) is 0 Å². The summed E-state index contributed by atoms with van der Waals surface area (Å²) >= 11 is 0. The van der Waals surface area contributed by atoms with Crippen LogP contribution in [0.2, 0.25) is 0 Å². The molecule has 4 nitrogen and oxygen atoms in total. The zero-order valence-corrected chi connectivity index (χ0v) is 9.87. The molecular weight excluding hydrogens is 225 g/mol. The van der Waals surface area contributed by atoms with Gasteiger partial charge in [-0.3, -0.25) is 0 Å². The minimum Gasteiger partial charge on any atom is -0.493 e. The van der Waals surface area contributed by atoms with Crippen LogP contribution in [0.1, 0.15) is 35.2 Å². The van der Waals surface area contributed by atoms with E-state index < -0.39 is 11.8 Å². The Balaban J connectivity index is 3.24. The zero-order chi connectivity index (χ0) is 13.0. The summed E-state index contributed by atoms with van der Waals surface area (Å²) < 4.78 is 18.4. The number of rotatable bonds is 5. The van der Waals surface area contributed by atoms with Crippen LogP contribution in [0.5, 0.6) is 5.75 Å². The van der Waals surface area contributed by atoms with Gasteiger partial charge in [-0.25, -0.2) is 9.18 Å². The van der Waals surface area contributed by atoms with Crippen LogP contribution in [0.4, 0.5) is 4.39 Å². The molecule has 3 N–H and O–H groups in total. The topological polar surface area (TPSA) is 72.5 Å². The molecular formula is C12H16FNO3. The van der Waals surface area contributed by atoms with Crippen molar-refractivity contribution in [2.45, 2.75) is 19.3 Å². The monoisotopic (exact) mass is 241 g/mol. The summed E-state index contributed by atoms with van der Waals surface area (Å²) in [6, 6.07) is 2.73. The van der Waals surface area contributed by atoms with Gasteiger partial charge < -0.3 is 15.6 Å². The molecule has 0 aliphatic rings. The fraction of sp³-hybridized carbons (Fsp3) is 0.417. The first-order valence-electron chi connectivity index (χ1n) is 5.32. The van der Waals surface area contributed by atoms with Crippen molar-refractivity contribution < 1.29 is 19.0 Å². The molecule has 94 valence electrons. The van der Waals surface area contributed by atoms with Gasteiger partial charge >= 0.3 is 5.97 Å². The number of carboxylic acid groups (broad SMARTS) is 1. The lowest BCUT2D eigenvalue weighted by molar-refractivity contribution is 0.0692. The highest BCUT2D eigenvalue weighted by Gasteiger charge is 2.19. The normalized spacial score (nSPS) is 12.2. The van der Waals surface area contributed by atoms with Crippen molar-refractivity contribution in [1.29, 1.82) is 0 Å². The lowest BCUT2D eigenvalue weighted by Gasteiger charge is -2.14. The first-order valence-corrected chi connectivity index (χ1v) is 5.32. The molecule has 0 fully saturated rings. The van der Waals surface area contributed by atoms with Crippen molar-refractivity contribution in [1.82, 2.24) is 0 Å². The van der Waals surface area contributed by atoms with Gasteiger partial charge in [0.1, 0.15) is 5.56 Å². The Kier molecular flexibility index (Phi) is 4.45. The van der Waals surface area contributed by atoms with Gasteiger partial charge in [-0.05, 0) is 36.6 Å². The van der Waals surface area contributed by atoms with Crippen molar-refractivity contribution in [3.05, 3.63) is 29.1 Å². The number of ether oxygens (including phenoxy) is 1. The standard InChI is InChI=1S/C12H16FNO3/c1-7(3-4-14)8-5-9(12(15)16)11(17-2)10(13)6-8/h5-7H,3-4,14H2,1-2H3,(H,15,16). The molecule has 0 aromatic heterocycles. The quantitative estimate of drug-likeness (QED) is 0.826. The summed E-state index contributed by atoms with van der Waals surface area (Å²) in [4.78, 5) is 11.0. The van der Waals surface area contributed by atoms with Crippen LogP contribution in [0.15, 0.2) is 12.1 Å². The van der Waals surface area contributed by atoms with E-state index in [0.717, 1.165) is 0 Å². The Morgan fingerprint density at radius 2 is 2.24 bits per heavy atom. The fourth-order valence-corrected chi connectivity index (χ4v) is 1.68. The molecule has 0 radical (unpaired) electrons. The largest absolute Gasteiger partial charge is 0.493 e. The van der Waals surface area contributed by atoms with Gasteiger partial charge in [0.2, 0.25) is 0 Å². The predicted molar refractivity (Wildman–Crippen MR) is 62.0 cm³/mol. The molecule has 1 rings (SSSR count). The van der Waals surface area contributed by atoms with E-state index in [2.05, 4.69) is 0 Å². The molecule has 1 aromatic carbocycles. The van der Waals surface area contributed by atoms with E-state index in [4.69, 9.17) is 15.6 Å². The molecule has 0 saturated heterocycles. The van der Waals surface area contributed by atoms with Gasteiger partial charge in [0.25, 0.3) is 0 Å². The maximum Gasteiger partial charge on any atom is 0.339 e. The third kappa shape index (κ3) is 2.94. The molecule has 0 aliphatic heterocycles. The third-order valence-corrected chi connectivity index (χ3v) is 2.67. The van der Waals surface area contributed by atoms with Gasteiger partial charge in [-0.1, -0.05) is 6.92 Å². The van der Waals surface area contributed by atoms with Crippen molar-refractivity contribution in [3.63, 3.8) is 0 Å². The molecule has 1 atom stereocenters. The van der Waals surface area contributed by atoms with Gasteiger partial charge in [0.15, 0.2) is 11.6 Å². The van der Waals surface area contributed by atoms with Crippen molar-refractivity contribution in [2.24, 2.45) is 5.73 Å². The molecule has 0 bridgehead atoms. The highest BCUT2D eigenvalue weighted by atomic mass is 19.1. The minimum absolute atomic E-state index is 0.0125. The summed E-state index contributed by atoms with van der Waals surface area (Å²) in [5.41, 5.74) is 5.88. The molecule has 0 saturated carbocycles. The molecule has 0 heterocycles. The summed E-state index contributed by atoms with van der Waals surface area (Å²) in [6.07, 6.45) is 0.671. The summed E-state index contributed by atoms with van der Waals surface area (Å²) in [6.45, 7) is 2.34. The SMILES string of the molecule is COc1c(F)cc(C(C)CCN)cc1C(=O)O. The Morgan fingerprint density at radius 3 is 2.71 bits per heavy atom. The lowest BCUT2D eigenvalue weighted by atomic mass is 9.95. The van der Waals surface area contributed by atoms with E-state index >= 15 is 0 Å². The van der Waals surface area contributed by atoms with Crippen molar-refractivity contribution in [3.8, 4) is 5.75 Å². The first kappa shape index (κ1) is 13.4. The fourth-order valence-electron chi connectivity index (χ4n) is 1.68. The van der Waals surface area contributed by atoms with Crippen LogP contribution in [-0.4, -0.2) is 24.7 Å². The molecule has 0 aliphatic carbocycles. The van der Waals surface area contributed by atoms with Gasteiger partial charge in [-0.2, -0.15) is 0 Å². The van der Waals surface area contributed by atoms with E-state index in [9.17, 15) is 9.18 Å². The smallest absolute Gasteiger partial charge is 0.339 e. The van der Waals surface area contributed by atoms with Crippen LogP contribution in [-0.2, 0) is 0 Å². The molecule has 17 heavy (non-hydrogen) atoms. The highest BCUT2D eigenvalue weighted by Crippen LogP contribution is 2.29. The Labute approximate surface area is 99.2 Å². The molecule has 0 spiro atoms. The summed E-state index contributed by atoms with van der Waals surface area (Å²) in [7, 11) is 1.24. The second-order valence-corrected chi connectivity index (χ2v) is 3.87. The number of carboxylic acids is 1. The number of halogens is 1. The highest BCUT2D eigenvalue weighted by molar-refractivity contribution is 5.91. The molecule has 1 unspecified atom stereocenters. The van der Waals surface area contributed by atoms with Gasteiger partial charge in [0, 0.05) is 0 Å². The number of aromatic carboxylic acids is 1. The summed E-state index contributed by atoms with van der Waals surface area (Å²) in [5, 5.41) is 8.99. The Morgan fingerprint density at radius 1 is 1.59 bits per heavy atom. The van der Waals surface area contributed by atoms with Crippen LogP contribution in [0.25, 0.3) is 0 Å². The van der Waals surface area contributed by atoms with Crippen LogP contribution in [0, 0.1) is 5.82 Å². The van der Waals surface area contributed by atoms with E-state index in [1.807, 2.05) is 6.92 Å². The summed E-state index contributed by atoms with van der Waals surface area (Å²) in [5.74, 6) is -2.09. The predicted octanol–water partition coefficient (Wildman–Crippen LogP) is 1.98. The van der Waals surface area contributed by atoms with Crippen molar-refractivity contribution >= 4 is 5.97 Å². The number of hydrogen-bond acceptors (Lipinski definition) is 3. The number of carbonyl (C=O) groups is 1. The van der Waals surface area contributed by atoms with E-state index in [1.165, 1.54) is 19.2 Å². The van der Waals surface area contributed by atoms with Crippen LogP contribution < -0.4 is 10.5 Å². The zero-order valence-electron chi connectivity index (χ0n) is 9.87. The average molecular weight is 241 g/mol. The van der Waals surface area contributed by atoms with Crippen LogP contribution in [0.3, 0.4) is 0 Å². The molecule has 5 heteroatoms. The Hall–Kier alpha value is -1.62. The molecule has 0 amide bonds. The lowest BCUT2D eigenvalue weighted by Crippen LogP contribution is -2.08. The maximum absolute atomic E-state index is 13.7. The van der Waals surface area contributed by atoms with Gasteiger partial charge in [0.05, 0.1) is 7.11 Å². The maximum atomic E-state index is 13.7. The Bertz CT molecular complexity index is 420. The second kappa shape index (κ2) is 5.63. The van der Waals surface area contributed by atoms with E-state index in [0.29, 0.717) is 18.5 Å². The van der Waals surface area contributed by atoms with E-state index in [-0.39, 0.29) is 17.2 Å². The number of nitrogens with two attached hydrogens (primary N) is 1. The second-order valence-electron chi connectivity index (χ2n) is 3.87. The number of methoxy groups -OCH3 is 1. The molecule has 1 aromatic rings. The average Bonchev–Trinajstić information content (AvgIpc) is 2.28. The third-order valence-electron chi connectivity index (χ3n) is 2.67. The van der Waals surface area contributed by atoms with Crippen LogP contribution >= 0.6 is 0 Å². The van der Waals surface area contributed by atoms with E-state index in [1.54, 1.807) is 0 Å². The number of hydrogen-bond donors (Lipinski definition) is 2.